The van der Waals surface area contributed by atoms with E-state index in [4.69, 9.17) is 0 Å². The van der Waals surface area contributed by atoms with E-state index in [-0.39, 0.29) is 5.91 Å². The highest BCUT2D eigenvalue weighted by Crippen LogP contribution is 2.29. The number of hydrogen-bond donors (Lipinski definition) is 1. The van der Waals surface area contributed by atoms with Gasteiger partial charge in [-0.15, -0.1) is 0 Å². The first kappa shape index (κ1) is 19.2. The maximum absolute atomic E-state index is 13.8. The van der Waals surface area contributed by atoms with Crippen molar-refractivity contribution in [3.8, 4) is 11.3 Å². The maximum atomic E-state index is 13.8. The van der Waals surface area contributed by atoms with Crippen molar-refractivity contribution >= 4 is 5.91 Å². The molecule has 3 aromatic rings. The Morgan fingerprint density at radius 2 is 1.86 bits per heavy atom. The minimum absolute atomic E-state index is 0.180. The molecule has 0 radical (unpaired) electrons. The van der Waals surface area contributed by atoms with E-state index in [1.165, 1.54) is 24.5 Å². The summed E-state index contributed by atoms with van der Waals surface area (Å²) in [5.74, 6) is -0.605. The van der Waals surface area contributed by atoms with Gasteiger partial charge in [0.15, 0.2) is 0 Å². The van der Waals surface area contributed by atoms with E-state index in [1.807, 2.05) is 30.3 Å². The quantitative estimate of drug-likeness (QED) is 0.739. The van der Waals surface area contributed by atoms with Crippen molar-refractivity contribution in [2.24, 2.45) is 0 Å². The fraction of sp³-hybridized carbons (Fsp3) is 0.261. The van der Waals surface area contributed by atoms with Gasteiger partial charge in [0.1, 0.15) is 12.1 Å². The van der Waals surface area contributed by atoms with Crippen LogP contribution in [0, 0.1) is 5.82 Å². The lowest BCUT2D eigenvalue weighted by atomic mass is 9.85. The van der Waals surface area contributed by atoms with E-state index in [0.717, 1.165) is 5.56 Å². The Kier molecular flexibility index (Phi) is 5.36. The Hall–Kier alpha value is -3.12. The molecule has 1 amide bonds. The largest absolute Gasteiger partial charge is 0.389 e. The van der Waals surface area contributed by atoms with E-state index >= 15 is 0 Å². The highest BCUT2D eigenvalue weighted by molar-refractivity contribution is 6.00. The number of halogens is 1. The molecule has 1 aromatic heterocycles. The van der Waals surface area contributed by atoms with Gasteiger partial charge in [-0.1, -0.05) is 30.3 Å². The number of aliphatic hydroxyl groups is 1. The van der Waals surface area contributed by atoms with Crippen LogP contribution >= 0.6 is 0 Å². The molecule has 0 atom stereocenters. The molecule has 4 rings (SSSR count). The number of benzene rings is 2. The number of piperidine rings is 1. The van der Waals surface area contributed by atoms with Crippen molar-refractivity contribution in [2.75, 3.05) is 13.1 Å². The molecule has 0 aliphatic carbocycles. The number of rotatable bonds is 4. The maximum Gasteiger partial charge on any atom is 0.254 e. The van der Waals surface area contributed by atoms with Gasteiger partial charge in [0.05, 0.1) is 11.3 Å². The molecular formula is C23H22FN3O2. The Morgan fingerprint density at radius 1 is 1.10 bits per heavy atom. The lowest BCUT2D eigenvalue weighted by Crippen LogP contribution is -2.47. The molecule has 0 unspecified atom stereocenters. The molecule has 1 fully saturated rings. The SMILES string of the molecule is O=C(c1ccc(F)cc1-c1ccncn1)N1CCC(O)(Cc2ccccc2)CC1. The summed E-state index contributed by atoms with van der Waals surface area (Å²) >= 11 is 0. The van der Waals surface area contributed by atoms with Crippen molar-refractivity contribution in [2.45, 2.75) is 24.9 Å². The minimum atomic E-state index is -0.823. The van der Waals surface area contributed by atoms with Gasteiger partial charge < -0.3 is 10.0 Å². The zero-order valence-electron chi connectivity index (χ0n) is 16.0. The fourth-order valence-corrected chi connectivity index (χ4v) is 3.81. The summed E-state index contributed by atoms with van der Waals surface area (Å²) in [6.07, 6.45) is 4.50. The van der Waals surface area contributed by atoms with Crippen molar-refractivity contribution in [1.82, 2.24) is 14.9 Å². The lowest BCUT2D eigenvalue weighted by molar-refractivity contribution is -0.0162. The first-order valence-corrected chi connectivity index (χ1v) is 9.66. The average molecular weight is 391 g/mol. The van der Waals surface area contributed by atoms with Crippen molar-refractivity contribution in [3.05, 3.63) is 84.1 Å². The Balaban J connectivity index is 1.51. The Morgan fingerprint density at radius 3 is 2.55 bits per heavy atom. The van der Waals surface area contributed by atoms with Crippen molar-refractivity contribution < 1.29 is 14.3 Å². The lowest BCUT2D eigenvalue weighted by Gasteiger charge is -2.38. The van der Waals surface area contributed by atoms with Crippen LogP contribution in [0.4, 0.5) is 4.39 Å². The molecule has 2 heterocycles. The second kappa shape index (κ2) is 8.09. The minimum Gasteiger partial charge on any atom is -0.389 e. The van der Waals surface area contributed by atoms with Crippen molar-refractivity contribution in [3.63, 3.8) is 0 Å². The first-order chi connectivity index (χ1) is 14.0. The molecule has 0 saturated carbocycles. The van der Waals surface area contributed by atoms with Crippen LogP contribution in [0.15, 0.2) is 67.1 Å². The summed E-state index contributed by atoms with van der Waals surface area (Å²) < 4.78 is 13.8. The summed E-state index contributed by atoms with van der Waals surface area (Å²) in [5.41, 5.74) is 1.61. The van der Waals surface area contributed by atoms with Crippen LogP contribution in [0.25, 0.3) is 11.3 Å². The summed E-state index contributed by atoms with van der Waals surface area (Å²) in [6.45, 7) is 0.894. The van der Waals surface area contributed by atoms with Crippen molar-refractivity contribution in [1.29, 1.82) is 0 Å². The van der Waals surface area contributed by atoms with E-state index in [2.05, 4.69) is 9.97 Å². The number of aromatic nitrogens is 2. The molecule has 1 aliphatic rings. The van der Waals surface area contributed by atoms with E-state index in [0.29, 0.717) is 49.2 Å². The van der Waals surface area contributed by atoms with Gasteiger partial charge in [-0.05, 0) is 42.7 Å². The second-order valence-corrected chi connectivity index (χ2v) is 7.46. The van der Waals surface area contributed by atoms with Crippen LogP contribution in [-0.4, -0.2) is 44.6 Å². The third-order valence-electron chi connectivity index (χ3n) is 5.43. The zero-order valence-corrected chi connectivity index (χ0v) is 16.0. The molecule has 6 heteroatoms. The molecule has 1 saturated heterocycles. The molecule has 148 valence electrons. The Labute approximate surface area is 168 Å². The Bertz CT molecular complexity index is 988. The van der Waals surface area contributed by atoms with Gasteiger partial charge in [-0.3, -0.25) is 4.79 Å². The summed E-state index contributed by atoms with van der Waals surface area (Å²) in [7, 11) is 0. The molecule has 1 aliphatic heterocycles. The highest BCUT2D eigenvalue weighted by Gasteiger charge is 2.34. The van der Waals surface area contributed by atoms with Gasteiger partial charge in [-0.25, -0.2) is 14.4 Å². The summed E-state index contributed by atoms with van der Waals surface area (Å²) in [5, 5.41) is 11.0. The van der Waals surface area contributed by atoms with Crippen LogP contribution in [0.2, 0.25) is 0 Å². The topological polar surface area (TPSA) is 66.3 Å². The van der Waals surface area contributed by atoms with Gasteiger partial charge in [0.25, 0.3) is 5.91 Å². The highest BCUT2D eigenvalue weighted by atomic mass is 19.1. The third-order valence-corrected chi connectivity index (χ3v) is 5.43. The average Bonchev–Trinajstić information content (AvgIpc) is 2.75. The molecular weight excluding hydrogens is 369 g/mol. The van der Waals surface area contributed by atoms with Gasteiger partial charge >= 0.3 is 0 Å². The monoisotopic (exact) mass is 391 g/mol. The molecule has 0 spiro atoms. The summed E-state index contributed by atoms with van der Waals surface area (Å²) in [6, 6.07) is 15.6. The van der Waals surface area contributed by atoms with E-state index < -0.39 is 11.4 Å². The molecule has 1 N–H and O–H groups in total. The number of carbonyl (C=O) groups excluding carboxylic acids is 1. The first-order valence-electron chi connectivity index (χ1n) is 9.66. The predicted octanol–water partition coefficient (Wildman–Crippen LogP) is 3.49. The second-order valence-electron chi connectivity index (χ2n) is 7.46. The van der Waals surface area contributed by atoms with Crippen LogP contribution in [0.3, 0.4) is 0 Å². The van der Waals surface area contributed by atoms with Crippen LogP contribution < -0.4 is 0 Å². The van der Waals surface area contributed by atoms with Crippen LogP contribution in [-0.2, 0) is 6.42 Å². The summed E-state index contributed by atoms with van der Waals surface area (Å²) in [4.78, 5) is 22.9. The van der Waals surface area contributed by atoms with Crippen LogP contribution in [0.1, 0.15) is 28.8 Å². The number of nitrogens with zero attached hydrogens (tertiary/aromatic N) is 3. The molecule has 2 aromatic carbocycles. The smallest absolute Gasteiger partial charge is 0.254 e. The normalized spacial score (nSPS) is 15.9. The van der Waals surface area contributed by atoms with E-state index in [1.54, 1.807) is 17.2 Å². The third kappa shape index (κ3) is 4.32. The zero-order chi connectivity index (χ0) is 20.3. The number of likely N-dealkylation sites (tertiary alicyclic amines) is 1. The van der Waals surface area contributed by atoms with Crippen LogP contribution in [0.5, 0.6) is 0 Å². The molecule has 29 heavy (non-hydrogen) atoms. The number of hydrogen-bond acceptors (Lipinski definition) is 4. The number of carbonyl (C=O) groups is 1. The standard InChI is InChI=1S/C23H22FN3O2/c24-18-6-7-19(20(14-18)21-8-11-25-16-26-21)22(28)27-12-9-23(29,10-13-27)15-17-4-2-1-3-5-17/h1-8,11,14,16,29H,9-10,12-13,15H2. The predicted molar refractivity (Wildman–Crippen MR) is 108 cm³/mol. The molecule has 5 nitrogen and oxygen atoms in total. The van der Waals surface area contributed by atoms with E-state index in [9.17, 15) is 14.3 Å². The van der Waals surface area contributed by atoms with Gasteiger partial charge in [-0.2, -0.15) is 0 Å². The molecule has 0 bridgehead atoms. The van der Waals surface area contributed by atoms with Gasteiger partial charge in [0, 0.05) is 36.8 Å². The fourth-order valence-electron chi connectivity index (χ4n) is 3.81. The van der Waals surface area contributed by atoms with Gasteiger partial charge in [0.2, 0.25) is 0 Å². The number of amides is 1.